The van der Waals surface area contributed by atoms with Crippen LogP contribution in [0.15, 0.2) is 30.3 Å². The van der Waals surface area contributed by atoms with E-state index in [1.165, 1.54) is 11.3 Å². The van der Waals surface area contributed by atoms with E-state index in [0.29, 0.717) is 19.6 Å². The van der Waals surface area contributed by atoms with Gasteiger partial charge in [-0.25, -0.2) is 0 Å². The number of aromatic nitrogens is 1. The van der Waals surface area contributed by atoms with Gasteiger partial charge in [-0.15, -0.1) is 0 Å². The van der Waals surface area contributed by atoms with Crippen molar-refractivity contribution in [3.05, 3.63) is 52.8 Å². The molecular weight excluding hydrogens is 276 g/mol. The monoisotopic (exact) mass is 300 g/mol. The van der Waals surface area contributed by atoms with Crippen molar-refractivity contribution >= 4 is 5.91 Å². The van der Waals surface area contributed by atoms with Gasteiger partial charge in [0.1, 0.15) is 5.75 Å². The summed E-state index contributed by atoms with van der Waals surface area (Å²) in [6, 6.07) is 9.80. The van der Waals surface area contributed by atoms with Crippen LogP contribution < -0.4 is 10.1 Å². The van der Waals surface area contributed by atoms with Gasteiger partial charge in [-0.1, -0.05) is 12.1 Å². The lowest BCUT2D eigenvalue weighted by molar-refractivity contribution is -0.120. The lowest BCUT2D eigenvalue weighted by Crippen LogP contribution is -2.27. The molecule has 0 atom stereocenters. The van der Waals surface area contributed by atoms with E-state index in [1.54, 1.807) is 0 Å². The molecular formula is C18H24N2O2. The highest BCUT2D eigenvalue weighted by Crippen LogP contribution is 2.12. The molecule has 0 unspecified atom stereocenters. The summed E-state index contributed by atoms with van der Waals surface area (Å²) in [5.74, 6) is 0.888. The molecule has 0 aliphatic carbocycles. The van der Waals surface area contributed by atoms with Gasteiger partial charge < -0.3 is 15.0 Å². The lowest BCUT2D eigenvalue weighted by atomic mass is 10.1. The predicted molar refractivity (Wildman–Crippen MR) is 88.3 cm³/mol. The summed E-state index contributed by atoms with van der Waals surface area (Å²) in [5.41, 5.74) is 4.60. The second-order valence-corrected chi connectivity index (χ2v) is 5.46. The Kier molecular flexibility index (Phi) is 5.64. The number of carbonyl (C=O) groups excluding carboxylic acids is 1. The van der Waals surface area contributed by atoms with Gasteiger partial charge >= 0.3 is 0 Å². The standard InChI is InChI=1S/C18H24N2O2/c1-4-22-17-7-5-15(6-8-17)12-18(21)19-10-9-16-11-13(2)20-14(16)3/h5-8,11,20H,4,9-10,12H2,1-3H3,(H,19,21). The highest BCUT2D eigenvalue weighted by atomic mass is 16.5. The molecule has 2 rings (SSSR count). The molecule has 0 fully saturated rings. The van der Waals surface area contributed by atoms with E-state index >= 15 is 0 Å². The fourth-order valence-electron chi connectivity index (χ4n) is 2.50. The normalized spacial score (nSPS) is 10.5. The number of aromatic amines is 1. The maximum Gasteiger partial charge on any atom is 0.224 e. The number of hydrogen-bond donors (Lipinski definition) is 2. The summed E-state index contributed by atoms with van der Waals surface area (Å²) in [4.78, 5) is 15.2. The number of amides is 1. The third-order valence-corrected chi connectivity index (χ3v) is 3.57. The fraction of sp³-hybridized carbons (Fsp3) is 0.389. The molecule has 0 radical (unpaired) electrons. The topological polar surface area (TPSA) is 54.1 Å². The van der Waals surface area contributed by atoms with Crippen LogP contribution in [0, 0.1) is 13.8 Å². The van der Waals surface area contributed by atoms with Gasteiger partial charge in [0, 0.05) is 17.9 Å². The van der Waals surface area contributed by atoms with Crippen molar-refractivity contribution < 1.29 is 9.53 Å². The fourth-order valence-corrected chi connectivity index (χ4v) is 2.50. The van der Waals surface area contributed by atoms with Crippen LogP contribution >= 0.6 is 0 Å². The number of ether oxygens (including phenoxy) is 1. The SMILES string of the molecule is CCOc1ccc(CC(=O)NCCc2cc(C)[nH]c2C)cc1. The Bertz CT molecular complexity index is 615. The van der Waals surface area contributed by atoms with Gasteiger partial charge in [-0.3, -0.25) is 4.79 Å². The van der Waals surface area contributed by atoms with Crippen molar-refractivity contribution in [3.8, 4) is 5.75 Å². The summed E-state index contributed by atoms with van der Waals surface area (Å²) in [7, 11) is 0. The van der Waals surface area contributed by atoms with Crippen molar-refractivity contribution in [2.45, 2.75) is 33.6 Å². The summed E-state index contributed by atoms with van der Waals surface area (Å²) in [6.07, 6.45) is 1.25. The Morgan fingerprint density at radius 1 is 1.23 bits per heavy atom. The first-order chi connectivity index (χ1) is 10.6. The van der Waals surface area contributed by atoms with E-state index in [4.69, 9.17) is 4.74 Å². The van der Waals surface area contributed by atoms with Gasteiger partial charge in [-0.2, -0.15) is 0 Å². The number of carbonyl (C=O) groups is 1. The first kappa shape index (κ1) is 16.1. The molecule has 0 aliphatic rings. The zero-order valence-corrected chi connectivity index (χ0v) is 13.5. The number of aryl methyl sites for hydroxylation is 2. The molecule has 22 heavy (non-hydrogen) atoms. The summed E-state index contributed by atoms with van der Waals surface area (Å²) >= 11 is 0. The molecule has 0 bridgehead atoms. The Morgan fingerprint density at radius 3 is 2.55 bits per heavy atom. The minimum Gasteiger partial charge on any atom is -0.494 e. The largest absolute Gasteiger partial charge is 0.494 e. The molecule has 1 amide bonds. The first-order valence-electron chi connectivity index (χ1n) is 7.72. The maximum absolute atomic E-state index is 12.0. The van der Waals surface area contributed by atoms with Gasteiger partial charge in [0.05, 0.1) is 13.0 Å². The molecule has 1 heterocycles. The number of H-pyrrole nitrogens is 1. The Hall–Kier alpha value is -2.23. The summed E-state index contributed by atoms with van der Waals surface area (Å²) in [6.45, 7) is 7.37. The van der Waals surface area contributed by atoms with Crippen LogP contribution in [0.3, 0.4) is 0 Å². The van der Waals surface area contributed by atoms with Crippen molar-refractivity contribution in [3.63, 3.8) is 0 Å². The Labute approximate surface area is 131 Å². The molecule has 0 spiro atoms. The van der Waals surface area contributed by atoms with Crippen molar-refractivity contribution in [2.24, 2.45) is 0 Å². The van der Waals surface area contributed by atoms with E-state index in [1.807, 2.05) is 38.1 Å². The smallest absolute Gasteiger partial charge is 0.224 e. The zero-order chi connectivity index (χ0) is 15.9. The number of nitrogens with one attached hydrogen (secondary N) is 2. The Balaban J connectivity index is 1.76. The molecule has 1 aromatic heterocycles. The molecule has 0 saturated heterocycles. The molecule has 1 aromatic carbocycles. The number of rotatable bonds is 7. The maximum atomic E-state index is 12.0. The van der Waals surface area contributed by atoms with Crippen LogP contribution in [0.25, 0.3) is 0 Å². The minimum atomic E-state index is 0.0501. The second kappa shape index (κ2) is 7.69. The van der Waals surface area contributed by atoms with Gasteiger partial charge in [-0.05, 0) is 56.5 Å². The van der Waals surface area contributed by atoms with Crippen molar-refractivity contribution in [2.75, 3.05) is 13.2 Å². The third kappa shape index (κ3) is 4.65. The van der Waals surface area contributed by atoms with Crippen molar-refractivity contribution in [1.29, 1.82) is 0 Å². The molecule has 2 N–H and O–H groups in total. The van der Waals surface area contributed by atoms with E-state index < -0.39 is 0 Å². The van der Waals surface area contributed by atoms with E-state index in [9.17, 15) is 4.79 Å². The zero-order valence-electron chi connectivity index (χ0n) is 13.5. The summed E-state index contributed by atoms with van der Waals surface area (Å²) in [5, 5.41) is 2.97. The molecule has 4 nitrogen and oxygen atoms in total. The van der Waals surface area contributed by atoms with Crippen LogP contribution in [-0.4, -0.2) is 24.0 Å². The van der Waals surface area contributed by atoms with Gasteiger partial charge in [0.15, 0.2) is 0 Å². The van der Waals surface area contributed by atoms with Crippen molar-refractivity contribution in [1.82, 2.24) is 10.3 Å². The van der Waals surface area contributed by atoms with Crippen LogP contribution in [0.1, 0.15) is 29.4 Å². The van der Waals surface area contributed by atoms with Crippen LogP contribution in [0.4, 0.5) is 0 Å². The predicted octanol–water partition coefficient (Wildman–Crippen LogP) is 2.93. The minimum absolute atomic E-state index is 0.0501. The third-order valence-electron chi connectivity index (χ3n) is 3.57. The molecule has 118 valence electrons. The van der Waals surface area contributed by atoms with E-state index in [2.05, 4.69) is 23.3 Å². The molecule has 2 aromatic rings. The lowest BCUT2D eigenvalue weighted by Gasteiger charge is -2.07. The average Bonchev–Trinajstić information content (AvgIpc) is 2.79. The number of benzene rings is 1. The first-order valence-corrected chi connectivity index (χ1v) is 7.72. The average molecular weight is 300 g/mol. The van der Waals surface area contributed by atoms with Crippen LogP contribution in [-0.2, 0) is 17.6 Å². The quantitative estimate of drug-likeness (QED) is 0.826. The molecule has 0 saturated carbocycles. The number of hydrogen-bond acceptors (Lipinski definition) is 2. The Morgan fingerprint density at radius 2 is 1.95 bits per heavy atom. The van der Waals surface area contributed by atoms with Gasteiger partial charge in [0.25, 0.3) is 0 Å². The summed E-state index contributed by atoms with van der Waals surface area (Å²) < 4.78 is 5.39. The van der Waals surface area contributed by atoms with Crippen LogP contribution in [0.2, 0.25) is 0 Å². The highest BCUT2D eigenvalue weighted by Gasteiger charge is 2.05. The van der Waals surface area contributed by atoms with Gasteiger partial charge in [0.2, 0.25) is 5.91 Å². The van der Waals surface area contributed by atoms with E-state index in [-0.39, 0.29) is 5.91 Å². The van der Waals surface area contributed by atoms with E-state index in [0.717, 1.165) is 23.4 Å². The highest BCUT2D eigenvalue weighted by molar-refractivity contribution is 5.78. The van der Waals surface area contributed by atoms with Crippen LogP contribution in [0.5, 0.6) is 5.75 Å². The molecule has 4 heteroatoms. The second-order valence-electron chi connectivity index (χ2n) is 5.46. The molecule has 0 aliphatic heterocycles.